The van der Waals surface area contributed by atoms with Gasteiger partial charge in [0.2, 0.25) is 11.8 Å². The summed E-state index contributed by atoms with van der Waals surface area (Å²) in [6.45, 7) is 8.47. The third-order valence-electron chi connectivity index (χ3n) is 4.54. The highest BCUT2D eigenvalue weighted by Crippen LogP contribution is 2.21. The molecule has 0 aromatic rings. The number of carbonyl (C=O) groups excluding carboxylic acids is 2. The summed E-state index contributed by atoms with van der Waals surface area (Å²) in [5.74, 6) is 0.793. The van der Waals surface area contributed by atoms with Gasteiger partial charge in [-0.05, 0) is 25.8 Å². The molecule has 0 spiro atoms. The van der Waals surface area contributed by atoms with Crippen molar-refractivity contribution in [1.29, 1.82) is 0 Å². The third kappa shape index (κ3) is 4.56. The second-order valence-corrected chi connectivity index (χ2v) is 6.00. The first-order valence-electron chi connectivity index (χ1n) is 7.48. The molecular formula is C14H27ClN4O2. The van der Waals surface area contributed by atoms with Crippen LogP contribution in [-0.4, -0.2) is 78.4 Å². The lowest BCUT2D eigenvalue weighted by Crippen LogP contribution is -2.52. The number of piperazine rings is 1. The maximum absolute atomic E-state index is 12.3. The molecule has 2 N–H and O–H groups in total. The number of rotatable bonds is 3. The maximum atomic E-state index is 12.3. The van der Waals surface area contributed by atoms with E-state index in [1.165, 1.54) is 0 Å². The summed E-state index contributed by atoms with van der Waals surface area (Å²) in [5.41, 5.74) is 5.72. The molecule has 2 fully saturated rings. The Labute approximate surface area is 133 Å². The Kier molecular flexibility index (Phi) is 6.90. The summed E-state index contributed by atoms with van der Waals surface area (Å²) < 4.78 is 0. The van der Waals surface area contributed by atoms with Crippen molar-refractivity contribution in [3.05, 3.63) is 0 Å². The number of amides is 2. The van der Waals surface area contributed by atoms with Gasteiger partial charge in [-0.1, -0.05) is 0 Å². The van der Waals surface area contributed by atoms with Crippen LogP contribution >= 0.6 is 12.4 Å². The third-order valence-corrected chi connectivity index (χ3v) is 4.54. The molecule has 0 bridgehead atoms. The van der Waals surface area contributed by atoms with Crippen molar-refractivity contribution < 1.29 is 9.59 Å². The summed E-state index contributed by atoms with van der Waals surface area (Å²) >= 11 is 0. The molecule has 2 amide bonds. The van der Waals surface area contributed by atoms with Gasteiger partial charge >= 0.3 is 0 Å². The first-order valence-corrected chi connectivity index (χ1v) is 7.48. The fourth-order valence-electron chi connectivity index (χ4n) is 3.15. The molecular weight excluding hydrogens is 292 g/mol. The minimum atomic E-state index is 0. The summed E-state index contributed by atoms with van der Waals surface area (Å²) in [6.07, 6.45) is 1.09. The van der Waals surface area contributed by atoms with E-state index in [0.717, 1.165) is 13.0 Å². The van der Waals surface area contributed by atoms with Crippen LogP contribution in [-0.2, 0) is 9.59 Å². The molecule has 122 valence electrons. The lowest BCUT2D eigenvalue weighted by Gasteiger charge is -2.35. The van der Waals surface area contributed by atoms with Crippen LogP contribution in [0.25, 0.3) is 0 Å². The average Bonchev–Trinajstić information content (AvgIpc) is 2.79. The first-order chi connectivity index (χ1) is 9.51. The number of hydrogen-bond donors (Lipinski definition) is 1. The van der Waals surface area contributed by atoms with Gasteiger partial charge in [0.15, 0.2) is 0 Å². The van der Waals surface area contributed by atoms with Crippen LogP contribution in [0.1, 0.15) is 20.3 Å². The van der Waals surface area contributed by atoms with E-state index in [1.54, 1.807) is 11.8 Å². The average molecular weight is 319 g/mol. The number of carbonyl (C=O) groups is 2. The van der Waals surface area contributed by atoms with Crippen LogP contribution in [0, 0.1) is 5.92 Å². The molecule has 0 aliphatic carbocycles. The second kappa shape index (κ2) is 7.96. The highest BCUT2D eigenvalue weighted by atomic mass is 35.5. The minimum Gasteiger partial charge on any atom is -0.339 e. The number of nitrogens with two attached hydrogens (primary N) is 1. The van der Waals surface area contributed by atoms with Crippen LogP contribution in [0.5, 0.6) is 0 Å². The lowest BCUT2D eigenvalue weighted by atomic mass is 10.1. The molecule has 2 rings (SSSR count). The highest BCUT2D eigenvalue weighted by Gasteiger charge is 2.31. The van der Waals surface area contributed by atoms with Crippen molar-refractivity contribution in [2.75, 3.05) is 45.8 Å². The van der Waals surface area contributed by atoms with Crippen molar-refractivity contribution in [3.8, 4) is 0 Å². The zero-order chi connectivity index (χ0) is 14.7. The van der Waals surface area contributed by atoms with Crippen LogP contribution in [0.4, 0.5) is 0 Å². The Bertz CT molecular complexity index is 372. The zero-order valence-corrected chi connectivity index (χ0v) is 13.8. The van der Waals surface area contributed by atoms with Crippen LogP contribution < -0.4 is 5.73 Å². The number of hydrogen-bond acceptors (Lipinski definition) is 4. The molecule has 2 aliphatic rings. The van der Waals surface area contributed by atoms with Crippen molar-refractivity contribution in [2.24, 2.45) is 11.7 Å². The van der Waals surface area contributed by atoms with Crippen LogP contribution in [0.2, 0.25) is 0 Å². The van der Waals surface area contributed by atoms with Crippen molar-refractivity contribution in [3.63, 3.8) is 0 Å². The van der Waals surface area contributed by atoms with Crippen LogP contribution in [0.3, 0.4) is 0 Å². The Hall–Kier alpha value is -0.850. The molecule has 2 unspecified atom stereocenters. The van der Waals surface area contributed by atoms with E-state index in [-0.39, 0.29) is 24.2 Å². The van der Waals surface area contributed by atoms with E-state index < -0.39 is 0 Å². The zero-order valence-electron chi connectivity index (χ0n) is 13.0. The topological polar surface area (TPSA) is 69.9 Å². The summed E-state index contributed by atoms with van der Waals surface area (Å²) in [7, 11) is 0. The first kappa shape index (κ1) is 18.2. The quantitative estimate of drug-likeness (QED) is 0.780. The molecule has 2 heterocycles. The number of halogens is 1. The van der Waals surface area contributed by atoms with Gasteiger partial charge in [-0.15, -0.1) is 12.4 Å². The fourth-order valence-corrected chi connectivity index (χ4v) is 3.15. The van der Waals surface area contributed by atoms with Gasteiger partial charge in [0.25, 0.3) is 0 Å². The van der Waals surface area contributed by atoms with Gasteiger partial charge in [-0.2, -0.15) is 0 Å². The monoisotopic (exact) mass is 318 g/mol. The van der Waals surface area contributed by atoms with Crippen molar-refractivity contribution >= 4 is 24.2 Å². The summed E-state index contributed by atoms with van der Waals surface area (Å²) in [6, 6.07) is 0.436. The van der Waals surface area contributed by atoms with Gasteiger partial charge in [-0.3, -0.25) is 14.5 Å². The van der Waals surface area contributed by atoms with E-state index in [1.807, 2.05) is 4.90 Å². The van der Waals surface area contributed by atoms with Gasteiger partial charge in [0.1, 0.15) is 0 Å². The molecule has 0 saturated carbocycles. The maximum Gasteiger partial charge on any atom is 0.236 e. The summed E-state index contributed by atoms with van der Waals surface area (Å²) in [4.78, 5) is 29.5. The van der Waals surface area contributed by atoms with Gasteiger partial charge < -0.3 is 15.5 Å². The molecule has 0 aromatic carbocycles. The van der Waals surface area contributed by atoms with E-state index in [0.29, 0.717) is 51.2 Å². The minimum absolute atomic E-state index is 0. The fraction of sp³-hybridized carbons (Fsp3) is 0.857. The molecule has 21 heavy (non-hydrogen) atoms. The molecule has 0 aromatic heterocycles. The predicted octanol–water partition coefficient (Wildman–Crippen LogP) is -0.232. The molecule has 0 radical (unpaired) electrons. The lowest BCUT2D eigenvalue weighted by molar-refractivity contribution is -0.139. The molecule has 7 heteroatoms. The predicted molar refractivity (Wildman–Crippen MR) is 84.3 cm³/mol. The largest absolute Gasteiger partial charge is 0.339 e. The van der Waals surface area contributed by atoms with Crippen LogP contribution in [0.15, 0.2) is 0 Å². The molecule has 6 nitrogen and oxygen atoms in total. The second-order valence-electron chi connectivity index (χ2n) is 6.00. The Morgan fingerprint density at radius 3 is 2.19 bits per heavy atom. The molecule has 2 saturated heterocycles. The van der Waals surface area contributed by atoms with E-state index in [2.05, 4.69) is 11.8 Å². The van der Waals surface area contributed by atoms with Gasteiger partial charge in [0.05, 0.1) is 6.54 Å². The van der Waals surface area contributed by atoms with Crippen molar-refractivity contribution in [2.45, 2.75) is 26.3 Å². The normalized spacial score (nSPS) is 26.6. The molecule has 2 aliphatic heterocycles. The molecule has 2 atom stereocenters. The Morgan fingerprint density at radius 1 is 1.14 bits per heavy atom. The van der Waals surface area contributed by atoms with E-state index in [4.69, 9.17) is 5.73 Å². The van der Waals surface area contributed by atoms with E-state index >= 15 is 0 Å². The number of likely N-dealkylation sites (tertiary alicyclic amines) is 1. The number of nitrogens with zero attached hydrogens (tertiary/aromatic N) is 3. The summed E-state index contributed by atoms with van der Waals surface area (Å²) in [5, 5.41) is 0. The van der Waals surface area contributed by atoms with Crippen molar-refractivity contribution in [1.82, 2.24) is 14.7 Å². The Morgan fingerprint density at radius 2 is 1.71 bits per heavy atom. The highest BCUT2D eigenvalue weighted by molar-refractivity contribution is 5.85. The smallest absolute Gasteiger partial charge is 0.236 e. The standard InChI is InChI=1S/C14H26N4O2.ClH/c1-11-7-13(8-15)9-18(11)10-14(20)17-5-3-16(4-6-17)12(2)19;/h11,13H,3-10,15H2,1-2H3;1H. The van der Waals surface area contributed by atoms with Gasteiger partial charge in [0, 0.05) is 45.7 Å². The Balaban J connectivity index is 0.00000220. The van der Waals surface area contributed by atoms with E-state index in [9.17, 15) is 9.59 Å². The SMILES string of the molecule is CC(=O)N1CCN(C(=O)CN2CC(CN)CC2C)CC1.Cl. The van der Waals surface area contributed by atoms with Gasteiger partial charge in [-0.25, -0.2) is 0 Å².